The zero-order chi connectivity index (χ0) is 12.1. The molecular weight excluding hydrogens is 208 g/mol. The molecule has 1 atom stereocenters. The van der Waals surface area contributed by atoms with Gasteiger partial charge in [0.25, 0.3) is 5.91 Å². The molecule has 0 saturated carbocycles. The van der Waals surface area contributed by atoms with Gasteiger partial charge in [-0.05, 0) is 26.1 Å². The second-order valence-electron chi connectivity index (χ2n) is 3.57. The van der Waals surface area contributed by atoms with E-state index in [2.05, 4.69) is 10.6 Å². The molecule has 0 aliphatic rings. The number of rotatable bonds is 4. The van der Waals surface area contributed by atoms with Gasteiger partial charge in [0, 0.05) is 12.6 Å². The molecule has 1 aromatic rings. The fraction of sp³-hybridized carbons (Fsp3) is 0.364. The zero-order valence-electron chi connectivity index (χ0n) is 9.32. The molecule has 0 heterocycles. The van der Waals surface area contributed by atoms with E-state index in [-0.39, 0.29) is 17.4 Å². The van der Waals surface area contributed by atoms with Crippen LogP contribution in [0.3, 0.4) is 0 Å². The molecule has 5 heteroatoms. The lowest BCUT2D eigenvalue weighted by Crippen LogP contribution is -2.37. The van der Waals surface area contributed by atoms with Gasteiger partial charge in [-0.25, -0.2) is 0 Å². The number of amides is 1. The number of phenols is 2. The van der Waals surface area contributed by atoms with E-state index in [9.17, 15) is 15.0 Å². The number of phenolic OH excluding ortho intramolecular Hbond substituents is 2. The van der Waals surface area contributed by atoms with E-state index in [1.807, 2.05) is 6.92 Å². The van der Waals surface area contributed by atoms with Crippen LogP contribution in [0, 0.1) is 0 Å². The summed E-state index contributed by atoms with van der Waals surface area (Å²) in [7, 11) is 1.79. The molecule has 1 amide bonds. The molecule has 0 fully saturated rings. The molecule has 0 aliphatic heterocycles. The molecule has 0 aliphatic carbocycles. The van der Waals surface area contributed by atoms with Crippen molar-refractivity contribution in [1.29, 1.82) is 0 Å². The van der Waals surface area contributed by atoms with Gasteiger partial charge in [-0.2, -0.15) is 0 Å². The third-order valence-electron chi connectivity index (χ3n) is 2.32. The number of aromatic hydroxyl groups is 2. The normalized spacial score (nSPS) is 12.1. The number of likely N-dealkylation sites (N-methyl/N-ethyl adjacent to an activating group) is 1. The average Bonchev–Trinajstić information content (AvgIpc) is 2.29. The smallest absolute Gasteiger partial charge is 0.255 e. The molecule has 4 N–H and O–H groups in total. The average molecular weight is 224 g/mol. The summed E-state index contributed by atoms with van der Waals surface area (Å²) in [4.78, 5) is 11.6. The van der Waals surface area contributed by atoms with Crippen LogP contribution in [-0.2, 0) is 0 Å². The number of hydrogen-bond acceptors (Lipinski definition) is 4. The molecule has 5 nitrogen and oxygen atoms in total. The van der Waals surface area contributed by atoms with Gasteiger partial charge in [0.1, 0.15) is 0 Å². The number of carbonyl (C=O) groups is 1. The predicted molar refractivity (Wildman–Crippen MR) is 60.6 cm³/mol. The van der Waals surface area contributed by atoms with E-state index in [1.54, 1.807) is 7.05 Å². The van der Waals surface area contributed by atoms with Crippen LogP contribution < -0.4 is 10.6 Å². The SMILES string of the molecule is CNC(C)CNC(=O)c1cccc(O)c1O. The highest BCUT2D eigenvalue weighted by Gasteiger charge is 2.13. The van der Waals surface area contributed by atoms with Gasteiger partial charge in [0.15, 0.2) is 11.5 Å². The Balaban J connectivity index is 2.70. The van der Waals surface area contributed by atoms with Crippen molar-refractivity contribution in [2.24, 2.45) is 0 Å². The number of hydrogen-bond donors (Lipinski definition) is 4. The molecule has 16 heavy (non-hydrogen) atoms. The van der Waals surface area contributed by atoms with E-state index in [4.69, 9.17) is 0 Å². The van der Waals surface area contributed by atoms with Crippen molar-refractivity contribution in [2.75, 3.05) is 13.6 Å². The minimum Gasteiger partial charge on any atom is -0.504 e. The second kappa shape index (κ2) is 5.37. The van der Waals surface area contributed by atoms with Gasteiger partial charge in [-0.15, -0.1) is 0 Å². The van der Waals surface area contributed by atoms with E-state index >= 15 is 0 Å². The first-order chi connectivity index (χ1) is 7.56. The topological polar surface area (TPSA) is 81.6 Å². The van der Waals surface area contributed by atoms with Crippen LogP contribution in [-0.4, -0.2) is 35.8 Å². The maximum absolute atomic E-state index is 11.6. The molecule has 0 spiro atoms. The summed E-state index contributed by atoms with van der Waals surface area (Å²) < 4.78 is 0. The lowest BCUT2D eigenvalue weighted by molar-refractivity contribution is 0.0947. The van der Waals surface area contributed by atoms with E-state index < -0.39 is 11.7 Å². The first-order valence-corrected chi connectivity index (χ1v) is 5.02. The van der Waals surface area contributed by atoms with Crippen molar-refractivity contribution < 1.29 is 15.0 Å². The number of carbonyl (C=O) groups excluding carboxylic acids is 1. The third-order valence-corrected chi connectivity index (χ3v) is 2.32. The number of para-hydroxylation sites is 1. The molecule has 0 saturated heterocycles. The first kappa shape index (κ1) is 12.3. The van der Waals surface area contributed by atoms with Crippen LogP contribution in [0.1, 0.15) is 17.3 Å². The van der Waals surface area contributed by atoms with Crippen molar-refractivity contribution in [2.45, 2.75) is 13.0 Å². The highest BCUT2D eigenvalue weighted by molar-refractivity contribution is 5.97. The molecule has 0 aromatic heterocycles. The number of nitrogens with one attached hydrogen (secondary N) is 2. The summed E-state index contributed by atoms with van der Waals surface area (Å²) in [6.07, 6.45) is 0. The Morgan fingerprint density at radius 2 is 2.12 bits per heavy atom. The molecule has 1 rings (SSSR count). The fourth-order valence-electron chi connectivity index (χ4n) is 1.16. The van der Waals surface area contributed by atoms with Crippen LogP contribution in [0.15, 0.2) is 18.2 Å². The van der Waals surface area contributed by atoms with Crippen LogP contribution in [0.5, 0.6) is 11.5 Å². The van der Waals surface area contributed by atoms with Crippen molar-refractivity contribution >= 4 is 5.91 Å². The zero-order valence-corrected chi connectivity index (χ0v) is 9.32. The highest BCUT2D eigenvalue weighted by atomic mass is 16.3. The summed E-state index contributed by atoms with van der Waals surface area (Å²) in [6, 6.07) is 4.42. The van der Waals surface area contributed by atoms with E-state index in [1.165, 1.54) is 18.2 Å². The van der Waals surface area contributed by atoms with Crippen molar-refractivity contribution in [3.05, 3.63) is 23.8 Å². The van der Waals surface area contributed by atoms with Crippen LogP contribution in [0.2, 0.25) is 0 Å². The Kier molecular flexibility index (Phi) is 4.13. The van der Waals surface area contributed by atoms with Crippen molar-refractivity contribution in [1.82, 2.24) is 10.6 Å². The third kappa shape index (κ3) is 2.87. The second-order valence-corrected chi connectivity index (χ2v) is 3.57. The summed E-state index contributed by atoms with van der Waals surface area (Å²) in [5.41, 5.74) is 0.0725. The van der Waals surface area contributed by atoms with E-state index in [0.717, 1.165) is 0 Å². The van der Waals surface area contributed by atoms with Gasteiger partial charge in [-0.1, -0.05) is 6.07 Å². The summed E-state index contributed by atoms with van der Waals surface area (Å²) in [5, 5.41) is 24.3. The maximum Gasteiger partial charge on any atom is 0.255 e. The minimum atomic E-state index is -0.407. The monoisotopic (exact) mass is 224 g/mol. The summed E-state index contributed by atoms with van der Waals surface area (Å²) >= 11 is 0. The maximum atomic E-state index is 11.6. The minimum absolute atomic E-state index is 0.0725. The van der Waals surface area contributed by atoms with E-state index in [0.29, 0.717) is 6.54 Å². The molecular formula is C11H16N2O3. The molecule has 1 unspecified atom stereocenters. The predicted octanol–water partition coefficient (Wildman–Crippen LogP) is 0.435. The van der Waals surface area contributed by atoms with Gasteiger partial charge < -0.3 is 20.8 Å². The molecule has 88 valence electrons. The molecule has 0 radical (unpaired) electrons. The van der Waals surface area contributed by atoms with Gasteiger partial charge >= 0.3 is 0 Å². The Morgan fingerprint density at radius 3 is 2.75 bits per heavy atom. The highest BCUT2D eigenvalue weighted by Crippen LogP contribution is 2.27. The summed E-state index contributed by atoms with van der Waals surface area (Å²) in [6.45, 7) is 2.37. The van der Waals surface area contributed by atoms with Crippen molar-refractivity contribution in [3.63, 3.8) is 0 Å². The van der Waals surface area contributed by atoms with Crippen molar-refractivity contribution in [3.8, 4) is 11.5 Å². The lowest BCUT2D eigenvalue weighted by atomic mass is 10.1. The van der Waals surface area contributed by atoms with Gasteiger partial charge in [0.2, 0.25) is 0 Å². The van der Waals surface area contributed by atoms with Gasteiger partial charge in [0.05, 0.1) is 5.56 Å². The van der Waals surface area contributed by atoms with Crippen LogP contribution in [0.25, 0.3) is 0 Å². The molecule has 1 aromatic carbocycles. The fourth-order valence-corrected chi connectivity index (χ4v) is 1.16. The Morgan fingerprint density at radius 1 is 1.44 bits per heavy atom. The Labute approximate surface area is 94.1 Å². The summed E-state index contributed by atoms with van der Waals surface area (Å²) in [5.74, 6) is -1.10. The molecule has 0 bridgehead atoms. The number of benzene rings is 1. The van der Waals surface area contributed by atoms with Crippen LogP contribution >= 0.6 is 0 Å². The lowest BCUT2D eigenvalue weighted by Gasteiger charge is -2.12. The van der Waals surface area contributed by atoms with Gasteiger partial charge in [-0.3, -0.25) is 4.79 Å². The van der Waals surface area contributed by atoms with Crippen LogP contribution in [0.4, 0.5) is 0 Å². The Bertz CT molecular complexity index is 379. The standard InChI is InChI=1S/C11H16N2O3/c1-7(12-2)6-13-11(16)8-4-3-5-9(14)10(8)15/h3-5,7,12,14-15H,6H2,1-2H3,(H,13,16). The first-order valence-electron chi connectivity index (χ1n) is 5.02. The largest absolute Gasteiger partial charge is 0.504 e. The Hall–Kier alpha value is -1.75. The quantitative estimate of drug-likeness (QED) is 0.559.